The number of hydrogen-bond acceptors (Lipinski definition) is 4. The molecule has 2 aliphatic rings. The van der Waals surface area contributed by atoms with E-state index in [-0.39, 0.29) is 11.9 Å². The van der Waals surface area contributed by atoms with Crippen LogP contribution in [0.4, 0.5) is 0 Å². The fraction of sp³-hybridized carbons (Fsp3) is 0.778. The molecule has 0 amide bonds. The molecule has 4 nitrogen and oxygen atoms in total. The minimum absolute atomic E-state index is 0.0412. The van der Waals surface area contributed by atoms with Crippen molar-refractivity contribution < 1.29 is 19.1 Å². The number of hydrogen-bond donors (Lipinski definition) is 0. The van der Waals surface area contributed by atoms with Gasteiger partial charge < -0.3 is 9.47 Å². The van der Waals surface area contributed by atoms with Gasteiger partial charge in [0.25, 0.3) is 0 Å². The molecule has 0 spiro atoms. The Bertz CT molecular complexity index is 526. The van der Waals surface area contributed by atoms with Crippen LogP contribution in [0.25, 0.3) is 0 Å². The third kappa shape index (κ3) is 13.4. The molecule has 31 heavy (non-hydrogen) atoms. The average molecular weight is 433 g/mol. The second kappa shape index (κ2) is 17.0. The summed E-state index contributed by atoms with van der Waals surface area (Å²) in [7, 11) is 0. The first kappa shape index (κ1) is 25.7. The van der Waals surface area contributed by atoms with Gasteiger partial charge in [0.1, 0.15) is 13.2 Å². The molecule has 0 atom stereocenters. The van der Waals surface area contributed by atoms with Gasteiger partial charge in [-0.15, -0.1) is 0 Å². The molecule has 0 aromatic carbocycles. The minimum Gasteiger partial charge on any atom is -0.461 e. The zero-order valence-corrected chi connectivity index (χ0v) is 19.6. The second-order valence-electron chi connectivity index (χ2n) is 9.22. The summed E-state index contributed by atoms with van der Waals surface area (Å²) in [6, 6.07) is 0. The van der Waals surface area contributed by atoms with Crippen molar-refractivity contribution in [3.63, 3.8) is 0 Å². The van der Waals surface area contributed by atoms with Crippen LogP contribution < -0.4 is 0 Å². The molecule has 2 rings (SSSR count). The standard InChI is InChI=1S/C27H44O4/c28-26(30-22-24-16-10-8-11-17-24)20-14-6-4-2-1-3-5-7-15-21-27(29)31-23-25-18-12-9-13-19-25/h16,18H,1-15,17,19-23H2. The smallest absolute Gasteiger partial charge is 0.306 e. The number of unbranched alkanes of at least 4 members (excludes halogenated alkanes) is 8. The first-order chi connectivity index (χ1) is 15.2. The summed E-state index contributed by atoms with van der Waals surface area (Å²) >= 11 is 0. The quantitative estimate of drug-likeness (QED) is 0.145. The Morgan fingerprint density at radius 1 is 0.581 bits per heavy atom. The topological polar surface area (TPSA) is 52.6 Å². The molecule has 0 radical (unpaired) electrons. The number of ether oxygens (including phenoxy) is 2. The van der Waals surface area contributed by atoms with E-state index in [4.69, 9.17) is 9.47 Å². The summed E-state index contributed by atoms with van der Waals surface area (Å²) in [5, 5.41) is 0. The Morgan fingerprint density at radius 2 is 0.968 bits per heavy atom. The van der Waals surface area contributed by atoms with Crippen LogP contribution in [0, 0.1) is 0 Å². The highest BCUT2D eigenvalue weighted by Crippen LogP contribution is 2.19. The Labute approximate surface area is 189 Å². The van der Waals surface area contributed by atoms with Crippen molar-refractivity contribution in [2.24, 2.45) is 0 Å². The van der Waals surface area contributed by atoms with Crippen molar-refractivity contribution in [2.45, 2.75) is 122 Å². The third-order valence-corrected chi connectivity index (χ3v) is 6.37. The molecule has 176 valence electrons. The monoisotopic (exact) mass is 432 g/mol. The van der Waals surface area contributed by atoms with E-state index in [0.717, 1.165) is 51.4 Å². The van der Waals surface area contributed by atoms with Crippen LogP contribution in [0.15, 0.2) is 23.3 Å². The van der Waals surface area contributed by atoms with Crippen LogP contribution in [0.3, 0.4) is 0 Å². The lowest BCUT2D eigenvalue weighted by atomic mass is 10.0. The zero-order chi connectivity index (χ0) is 22.0. The molecule has 0 fully saturated rings. The van der Waals surface area contributed by atoms with Gasteiger partial charge in [0.2, 0.25) is 0 Å². The molecule has 0 saturated carbocycles. The highest BCUT2D eigenvalue weighted by molar-refractivity contribution is 5.69. The van der Waals surface area contributed by atoms with Gasteiger partial charge >= 0.3 is 11.9 Å². The number of carbonyl (C=O) groups excluding carboxylic acids is 2. The summed E-state index contributed by atoms with van der Waals surface area (Å²) < 4.78 is 10.8. The predicted octanol–water partition coefficient (Wildman–Crippen LogP) is 7.36. The van der Waals surface area contributed by atoms with Crippen LogP contribution >= 0.6 is 0 Å². The maximum absolute atomic E-state index is 11.8. The van der Waals surface area contributed by atoms with Gasteiger partial charge in [-0.25, -0.2) is 0 Å². The molecule has 0 aromatic rings. The molecule has 0 aromatic heterocycles. The first-order valence-corrected chi connectivity index (χ1v) is 12.9. The summed E-state index contributed by atoms with van der Waals surface area (Å²) in [5.74, 6) is -0.0825. The summed E-state index contributed by atoms with van der Waals surface area (Å²) in [6.07, 6.45) is 25.3. The fourth-order valence-corrected chi connectivity index (χ4v) is 4.34. The van der Waals surface area contributed by atoms with Gasteiger partial charge in [0, 0.05) is 12.8 Å². The minimum atomic E-state index is -0.0412. The summed E-state index contributed by atoms with van der Waals surface area (Å²) in [6.45, 7) is 1.02. The molecule has 0 unspecified atom stereocenters. The van der Waals surface area contributed by atoms with Gasteiger partial charge in [0.15, 0.2) is 0 Å². The number of esters is 2. The Balaban J connectivity index is 1.30. The fourth-order valence-electron chi connectivity index (χ4n) is 4.34. The predicted molar refractivity (Wildman–Crippen MR) is 126 cm³/mol. The number of carbonyl (C=O) groups is 2. The highest BCUT2D eigenvalue weighted by Gasteiger charge is 2.09. The summed E-state index contributed by atoms with van der Waals surface area (Å²) in [5.41, 5.74) is 2.60. The Hall–Kier alpha value is -1.58. The Morgan fingerprint density at radius 3 is 1.32 bits per heavy atom. The van der Waals surface area contributed by atoms with Gasteiger partial charge in [-0.3, -0.25) is 9.59 Å². The third-order valence-electron chi connectivity index (χ3n) is 6.37. The van der Waals surface area contributed by atoms with Crippen molar-refractivity contribution >= 4 is 11.9 Å². The maximum atomic E-state index is 11.8. The molecule has 0 saturated heterocycles. The molecule has 0 aliphatic heterocycles. The van der Waals surface area contributed by atoms with Crippen molar-refractivity contribution in [3.05, 3.63) is 23.3 Å². The molecular formula is C27H44O4. The van der Waals surface area contributed by atoms with Gasteiger partial charge in [-0.2, -0.15) is 0 Å². The SMILES string of the molecule is O=C(CCCCCCCCCCCC(=O)OCC1=CCCCC1)OCC1=CCCCC1. The van der Waals surface area contributed by atoms with E-state index in [2.05, 4.69) is 12.2 Å². The van der Waals surface area contributed by atoms with Crippen LogP contribution in [0.2, 0.25) is 0 Å². The normalized spacial score (nSPS) is 16.4. The average Bonchev–Trinajstić information content (AvgIpc) is 2.81. The molecule has 0 bridgehead atoms. The summed E-state index contributed by atoms with van der Waals surface area (Å²) in [4.78, 5) is 23.6. The molecule has 0 N–H and O–H groups in total. The van der Waals surface area contributed by atoms with E-state index in [1.165, 1.54) is 68.9 Å². The molecule has 4 heteroatoms. The molecular weight excluding hydrogens is 388 g/mol. The van der Waals surface area contributed by atoms with Gasteiger partial charge in [0.05, 0.1) is 0 Å². The van der Waals surface area contributed by atoms with E-state index in [1.54, 1.807) is 0 Å². The Kier molecular flexibility index (Phi) is 14.1. The lowest BCUT2D eigenvalue weighted by Crippen LogP contribution is -2.08. The second-order valence-corrected chi connectivity index (χ2v) is 9.22. The lowest BCUT2D eigenvalue weighted by Gasteiger charge is -2.12. The first-order valence-electron chi connectivity index (χ1n) is 12.9. The van der Waals surface area contributed by atoms with E-state index in [1.807, 2.05) is 0 Å². The maximum Gasteiger partial charge on any atom is 0.306 e. The van der Waals surface area contributed by atoms with Crippen molar-refractivity contribution in [1.82, 2.24) is 0 Å². The van der Waals surface area contributed by atoms with E-state index in [9.17, 15) is 9.59 Å². The van der Waals surface area contributed by atoms with Crippen molar-refractivity contribution in [1.29, 1.82) is 0 Å². The van der Waals surface area contributed by atoms with Gasteiger partial charge in [-0.1, -0.05) is 57.1 Å². The van der Waals surface area contributed by atoms with E-state index < -0.39 is 0 Å². The van der Waals surface area contributed by atoms with Crippen LogP contribution in [0.1, 0.15) is 122 Å². The number of allylic oxidation sites excluding steroid dienone is 2. The molecule has 2 aliphatic carbocycles. The number of rotatable bonds is 16. The molecule has 0 heterocycles. The van der Waals surface area contributed by atoms with Gasteiger partial charge in [-0.05, 0) is 75.4 Å². The van der Waals surface area contributed by atoms with E-state index in [0.29, 0.717) is 26.1 Å². The van der Waals surface area contributed by atoms with Crippen molar-refractivity contribution in [2.75, 3.05) is 13.2 Å². The van der Waals surface area contributed by atoms with Crippen LogP contribution in [-0.4, -0.2) is 25.2 Å². The van der Waals surface area contributed by atoms with Crippen molar-refractivity contribution in [3.8, 4) is 0 Å². The van der Waals surface area contributed by atoms with Crippen LogP contribution in [-0.2, 0) is 19.1 Å². The largest absolute Gasteiger partial charge is 0.461 e. The lowest BCUT2D eigenvalue weighted by molar-refractivity contribution is -0.143. The van der Waals surface area contributed by atoms with Crippen LogP contribution in [0.5, 0.6) is 0 Å². The zero-order valence-electron chi connectivity index (χ0n) is 19.6. The highest BCUT2D eigenvalue weighted by atomic mass is 16.5. The van der Waals surface area contributed by atoms with E-state index >= 15 is 0 Å².